The fraction of sp³-hybridized carbons (Fsp3) is 0.750. The van der Waals surface area contributed by atoms with E-state index >= 15 is 0 Å². The second-order valence-electron chi connectivity index (χ2n) is 6.41. The molecule has 0 spiro atoms. The standard InChI is InChI=1S/C16H27N3/c1-10(2)13-5-7-14(8-6-13)16-18-9-15(11(3)17)12(4)19-16/h9-11,13-14H,5-8,17H2,1-4H3/t11-,13?,14?/m0/s1. The van der Waals surface area contributed by atoms with Crippen molar-refractivity contribution in [3.8, 4) is 0 Å². The molecule has 1 aliphatic rings. The lowest BCUT2D eigenvalue weighted by Gasteiger charge is -2.30. The van der Waals surface area contributed by atoms with E-state index in [1.54, 1.807) is 0 Å². The number of hydrogen-bond donors (Lipinski definition) is 1. The summed E-state index contributed by atoms with van der Waals surface area (Å²) in [7, 11) is 0. The molecule has 106 valence electrons. The van der Waals surface area contributed by atoms with Crippen LogP contribution in [0.3, 0.4) is 0 Å². The molecule has 2 rings (SSSR count). The van der Waals surface area contributed by atoms with E-state index in [2.05, 4.69) is 18.8 Å². The average molecular weight is 261 g/mol. The zero-order valence-electron chi connectivity index (χ0n) is 12.7. The molecule has 1 heterocycles. The van der Waals surface area contributed by atoms with Crippen molar-refractivity contribution in [1.29, 1.82) is 0 Å². The minimum absolute atomic E-state index is 0.0192. The van der Waals surface area contributed by atoms with E-state index < -0.39 is 0 Å². The van der Waals surface area contributed by atoms with Gasteiger partial charge in [0.25, 0.3) is 0 Å². The Labute approximate surface area is 117 Å². The summed E-state index contributed by atoms with van der Waals surface area (Å²) in [6, 6.07) is 0.0192. The third kappa shape index (κ3) is 3.33. The first kappa shape index (κ1) is 14.4. The molecule has 19 heavy (non-hydrogen) atoms. The lowest BCUT2D eigenvalue weighted by atomic mass is 9.76. The van der Waals surface area contributed by atoms with Crippen molar-refractivity contribution >= 4 is 0 Å². The number of nitrogens with two attached hydrogens (primary N) is 1. The Morgan fingerprint density at radius 2 is 1.79 bits per heavy atom. The number of nitrogens with zero attached hydrogens (tertiary/aromatic N) is 2. The van der Waals surface area contributed by atoms with Crippen LogP contribution in [0.2, 0.25) is 0 Å². The molecule has 0 bridgehead atoms. The van der Waals surface area contributed by atoms with E-state index in [0.29, 0.717) is 5.92 Å². The monoisotopic (exact) mass is 261 g/mol. The minimum atomic E-state index is 0.0192. The third-order valence-corrected chi connectivity index (χ3v) is 4.61. The molecule has 0 aliphatic heterocycles. The summed E-state index contributed by atoms with van der Waals surface area (Å²) in [6.45, 7) is 8.70. The van der Waals surface area contributed by atoms with Crippen LogP contribution in [0.5, 0.6) is 0 Å². The maximum absolute atomic E-state index is 5.91. The summed E-state index contributed by atoms with van der Waals surface area (Å²) in [5.74, 6) is 3.28. The van der Waals surface area contributed by atoms with Crippen LogP contribution in [-0.4, -0.2) is 9.97 Å². The zero-order chi connectivity index (χ0) is 14.0. The van der Waals surface area contributed by atoms with Crippen molar-refractivity contribution in [3.05, 3.63) is 23.3 Å². The Balaban J connectivity index is 2.06. The first-order valence-corrected chi connectivity index (χ1v) is 7.58. The van der Waals surface area contributed by atoms with Crippen molar-refractivity contribution < 1.29 is 0 Å². The van der Waals surface area contributed by atoms with Crippen LogP contribution < -0.4 is 5.73 Å². The summed E-state index contributed by atoms with van der Waals surface area (Å²) in [5.41, 5.74) is 8.03. The van der Waals surface area contributed by atoms with Crippen LogP contribution in [0.25, 0.3) is 0 Å². The number of aryl methyl sites for hydroxylation is 1. The van der Waals surface area contributed by atoms with E-state index in [9.17, 15) is 0 Å². The van der Waals surface area contributed by atoms with Gasteiger partial charge in [-0.05, 0) is 51.4 Å². The van der Waals surface area contributed by atoms with E-state index in [1.165, 1.54) is 25.7 Å². The fourth-order valence-corrected chi connectivity index (χ4v) is 3.18. The Bertz CT molecular complexity index is 418. The smallest absolute Gasteiger partial charge is 0.131 e. The topological polar surface area (TPSA) is 51.8 Å². The molecule has 1 saturated carbocycles. The molecule has 2 N–H and O–H groups in total. The van der Waals surface area contributed by atoms with Gasteiger partial charge in [-0.1, -0.05) is 13.8 Å². The van der Waals surface area contributed by atoms with Crippen molar-refractivity contribution in [2.75, 3.05) is 0 Å². The maximum Gasteiger partial charge on any atom is 0.131 e. The molecule has 3 nitrogen and oxygen atoms in total. The highest BCUT2D eigenvalue weighted by molar-refractivity contribution is 5.20. The molecule has 0 aromatic carbocycles. The van der Waals surface area contributed by atoms with Crippen molar-refractivity contribution in [3.63, 3.8) is 0 Å². The molecule has 0 amide bonds. The van der Waals surface area contributed by atoms with Crippen molar-refractivity contribution in [2.24, 2.45) is 17.6 Å². The number of aromatic nitrogens is 2. The molecule has 0 radical (unpaired) electrons. The van der Waals surface area contributed by atoms with Gasteiger partial charge in [0.1, 0.15) is 5.82 Å². The highest BCUT2D eigenvalue weighted by Crippen LogP contribution is 2.37. The molecule has 3 heteroatoms. The highest BCUT2D eigenvalue weighted by atomic mass is 14.9. The van der Waals surface area contributed by atoms with E-state index in [0.717, 1.165) is 28.9 Å². The van der Waals surface area contributed by atoms with Gasteiger partial charge in [0.05, 0.1) is 0 Å². The van der Waals surface area contributed by atoms with E-state index in [4.69, 9.17) is 10.7 Å². The molecule has 0 unspecified atom stereocenters. The van der Waals surface area contributed by atoms with Crippen LogP contribution in [0.1, 0.15) is 75.5 Å². The summed E-state index contributed by atoms with van der Waals surface area (Å²) in [5, 5.41) is 0. The largest absolute Gasteiger partial charge is 0.324 e. The van der Waals surface area contributed by atoms with Gasteiger partial charge < -0.3 is 5.73 Å². The van der Waals surface area contributed by atoms with Gasteiger partial charge in [-0.3, -0.25) is 0 Å². The van der Waals surface area contributed by atoms with E-state index in [-0.39, 0.29) is 6.04 Å². The molecule has 1 aromatic rings. The number of hydrogen-bond acceptors (Lipinski definition) is 3. The van der Waals surface area contributed by atoms with Gasteiger partial charge in [-0.15, -0.1) is 0 Å². The minimum Gasteiger partial charge on any atom is -0.324 e. The first-order chi connectivity index (χ1) is 8.99. The normalized spacial score (nSPS) is 25.6. The van der Waals surface area contributed by atoms with Gasteiger partial charge in [-0.25, -0.2) is 9.97 Å². The third-order valence-electron chi connectivity index (χ3n) is 4.61. The van der Waals surface area contributed by atoms with Crippen LogP contribution in [0.4, 0.5) is 0 Å². The predicted molar refractivity (Wildman–Crippen MR) is 78.9 cm³/mol. The highest BCUT2D eigenvalue weighted by Gasteiger charge is 2.26. The Morgan fingerprint density at radius 1 is 1.16 bits per heavy atom. The van der Waals surface area contributed by atoms with Crippen molar-refractivity contribution in [2.45, 2.75) is 65.3 Å². The van der Waals surface area contributed by atoms with Gasteiger partial charge in [0.15, 0.2) is 0 Å². The number of rotatable bonds is 3. The SMILES string of the molecule is Cc1nc(C2CCC(C(C)C)CC2)ncc1[C@H](C)N. The van der Waals surface area contributed by atoms with Crippen molar-refractivity contribution in [1.82, 2.24) is 9.97 Å². The summed E-state index contributed by atoms with van der Waals surface area (Å²) in [4.78, 5) is 9.26. The molecular formula is C16H27N3. The Morgan fingerprint density at radius 3 is 2.26 bits per heavy atom. The fourth-order valence-electron chi connectivity index (χ4n) is 3.18. The zero-order valence-corrected chi connectivity index (χ0v) is 12.7. The molecule has 1 atom stereocenters. The average Bonchev–Trinajstić information content (AvgIpc) is 2.38. The van der Waals surface area contributed by atoms with Gasteiger partial charge >= 0.3 is 0 Å². The van der Waals surface area contributed by atoms with Crippen LogP contribution >= 0.6 is 0 Å². The summed E-state index contributed by atoms with van der Waals surface area (Å²) in [6.07, 6.45) is 7.04. The molecule has 1 aliphatic carbocycles. The van der Waals surface area contributed by atoms with E-state index in [1.807, 2.05) is 20.0 Å². The molecule has 0 saturated heterocycles. The van der Waals surface area contributed by atoms with Crippen LogP contribution in [0, 0.1) is 18.8 Å². The lowest BCUT2D eigenvalue weighted by molar-refractivity contribution is 0.254. The quantitative estimate of drug-likeness (QED) is 0.902. The van der Waals surface area contributed by atoms with Crippen LogP contribution in [-0.2, 0) is 0 Å². The second kappa shape index (κ2) is 6.00. The first-order valence-electron chi connectivity index (χ1n) is 7.58. The predicted octanol–water partition coefficient (Wildman–Crippen LogP) is 3.73. The van der Waals surface area contributed by atoms with Gasteiger partial charge in [0, 0.05) is 29.4 Å². The second-order valence-corrected chi connectivity index (χ2v) is 6.41. The summed E-state index contributed by atoms with van der Waals surface area (Å²) < 4.78 is 0. The Hall–Kier alpha value is -0.960. The lowest BCUT2D eigenvalue weighted by Crippen LogP contribution is -2.19. The molecule has 1 fully saturated rings. The maximum atomic E-state index is 5.91. The Kier molecular flexibility index (Phi) is 4.56. The van der Waals surface area contributed by atoms with Gasteiger partial charge in [-0.2, -0.15) is 0 Å². The summed E-state index contributed by atoms with van der Waals surface area (Å²) >= 11 is 0. The van der Waals surface area contributed by atoms with Gasteiger partial charge in [0.2, 0.25) is 0 Å². The molecular weight excluding hydrogens is 234 g/mol. The van der Waals surface area contributed by atoms with Crippen LogP contribution in [0.15, 0.2) is 6.20 Å². The molecule has 1 aromatic heterocycles.